The Morgan fingerprint density at radius 1 is 1.04 bits per heavy atom. The minimum atomic E-state index is -0.551. The van der Waals surface area contributed by atoms with Crippen LogP contribution in [0.4, 0.5) is 16.2 Å². The third kappa shape index (κ3) is 5.53. The van der Waals surface area contributed by atoms with Crippen LogP contribution < -0.4 is 10.6 Å². The van der Waals surface area contributed by atoms with Crippen LogP contribution in [0, 0.1) is 0 Å². The summed E-state index contributed by atoms with van der Waals surface area (Å²) in [6, 6.07) is 17.8. The standard InChI is InChI=1S/C19H23N3O3/c1-14(15-7-5-4-6-8-15)20-16-9-11-17(12-10-16)21-18(23)13-22(2)19(24)25-3/h4-12,14,20H,13H2,1-3H3,(H,21,23). The predicted molar refractivity (Wildman–Crippen MR) is 98.6 cm³/mol. The number of carbonyl (C=O) groups is 2. The number of hydrogen-bond donors (Lipinski definition) is 2. The van der Waals surface area contributed by atoms with E-state index in [0.717, 1.165) is 5.69 Å². The molecule has 0 aromatic heterocycles. The number of nitrogens with zero attached hydrogens (tertiary/aromatic N) is 1. The number of rotatable bonds is 6. The van der Waals surface area contributed by atoms with Crippen LogP contribution in [-0.4, -0.2) is 37.6 Å². The average Bonchev–Trinajstić information content (AvgIpc) is 2.63. The number of methoxy groups -OCH3 is 1. The Balaban J connectivity index is 1.89. The summed E-state index contributed by atoms with van der Waals surface area (Å²) < 4.78 is 4.55. The van der Waals surface area contributed by atoms with E-state index in [1.807, 2.05) is 42.5 Å². The van der Waals surface area contributed by atoms with Crippen molar-refractivity contribution in [1.29, 1.82) is 0 Å². The largest absolute Gasteiger partial charge is 0.453 e. The van der Waals surface area contributed by atoms with Gasteiger partial charge in [0.1, 0.15) is 6.54 Å². The van der Waals surface area contributed by atoms with Crippen LogP contribution in [0.15, 0.2) is 54.6 Å². The molecule has 132 valence electrons. The summed E-state index contributed by atoms with van der Waals surface area (Å²) in [6.07, 6.45) is -0.551. The van der Waals surface area contributed by atoms with E-state index in [1.165, 1.54) is 24.6 Å². The second-order valence-electron chi connectivity index (χ2n) is 5.73. The molecule has 6 heteroatoms. The summed E-state index contributed by atoms with van der Waals surface area (Å²) in [7, 11) is 2.78. The van der Waals surface area contributed by atoms with Crippen LogP contribution >= 0.6 is 0 Å². The normalized spacial score (nSPS) is 11.3. The van der Waals surface area contributed by atoms with Crippen LogP contribution in [0.5, 0.6) is 0 Å². The summed E-state index contributed by atoms with van der Waals surface area (Å²) in [4.78, 5) is 24.4. The molecule has 25 heavy (non-hydrogen) atoms. The van der Waals surface area contributed by atoms with Gasteiger partial charge >= 0.3 is 6.09 Å². The van der Waals surface area contributed by atoms with Crippen molar-refractivity contribution in [3.63, 3.8) is 0 Å². The Hall–Kier alpha value is -3.02. The minimum absolute atomic E-state index is 0.0717. The molecular formula is C19H23N3O3. The van der Waals surface area contributed by atoms with Gasteiger partial charge in [0.05, 0.1) is 7.11 Å². The van der Waals surface area contributed by atoms with Gasteiger partial charge in [-0.2, -0.15) is 0 Å². The lowest BCUT2D eigenvalue weighted by molar-refractivity contribution is -0.116. The van der Waals surface area contributed by atoms with Gasteiger partial charge in [0.2, 0.25) is 5.91 Å². The van der Waals surface area contributed by atoms with Gasteiger partial charge < -0.3 is 20.3 Å². The maximum absolute atomic E-state index is 11.9. The van der Waals surface area contributed by atoms with Crippen molar-refractivity contribution in [3.8, 4) is 0 Å². The molecule has 0 saturated heterocycles. The molecule has 0 aliphatic carbocycles. The van der Waals surface area contributed by atoms with Gasteiger partial charge in [-0.3, -0.25) is 4.79 Å². The number of anilines is 2. The first-order valence-electron chi connectivity index (χ1n) is 8.00. The number of hydrogen-bond acceptors (Lipinski definition) is 4. The Bertz CT molecular complexity index is 702. The lowest BCUT2D eigenvalue weighted by Gasteiger charge is -2.17. The molecule has 0 aliphatic rings. The molecule has 0 radical (unpaired) electrons. The van der Waals surface area contributed by atoms with Crippen molar-refractivity contribution in [3.05, 3.63) is 60.2 Å². The molecule has 0 bridgehead atoms. The lowest BCUT2D eigenvalue weighted by Crippen LogP contribution is -2.34. The van der Waals surface area contributed by atoms with E-state index in [0.29, 0.717) is 5.69 Å². The van der Waals surface area contributed by atoms with Crippen molar-refractivity contribution < 1.29 is 14.3 Å². The zero-order valence-corrected chi connectivity index (χ0v) is 14.7. The van der Waals surface area contributed by atoms with E-state index in [9.17, 15) is 9.59 Å². The van der Waals surface area contributed by atoms with Crippen LogP contribution in [0.2, 0.25) is 0 Å². The predicted octanol–water partition coefficient (Wildman–Crippen LogP) is 3.50. The number of nitrogens with one attached hydrogen (secondary N) is 2. The maximum Gasteiger partial charge on any atom is 0.409 e. The summed E-state index contributed by atoms with van der Waals surface area (Å²) in [5, 5.41) is 6.16. The Kier molecular flexibility index (Phi) is 6.39. The first-order chi connectivity index (χ1) is 12.0. The molecule has 0 aliphatic heterocycles. The van der Waals surface area contributed by atoms with Gasteiger partial charge in [0.25, 0.3) is 0 Å². The Morgan fingerprint density at radius 2 is 1.64 bits per heavy atom. The van der Waals surface area contributed by atoms with Crippen molar-refractivity contribution in [2.24, 2.45) is 0 Å². The fourth-order valence-electron chi connectivity index (χ4n) is 2.36. The third-order valence-electron chi connectivity index (χ3n) is 3.72. The lowest BCUT2D eigenvalue weighted by atomic mass is 10.1. The number of carbonyl (C=O) groups excluding carboxylic acids is 2. The molecule has 2 aromatic carbocycles. The van der Waals surface area contributed by atoms with E-state index in [4.69, 9.17) is 0 Å². The highest BCUT2D eigenvalue weighted by molar-refractivity contribution is 5.93. The van der Waals surface area contributed by atoms with Gasteiger partial charge in [0, 0.05) is 24.5 Å². The first kappa shape index (κ1) is 18.3. The second-order valence-corrected chi connectivity index (χ2v) is 5.73. The van der Waals surface area contributed by atoms with Crippen LogP contribution in [0.25, 0.3) is 0 Å². The van der Waals surface area contributed by atoms with Crippen molar-refractivity contribution in [2.75, 3.05) is 31.3 Å². The van der Waals surface area contributed by atoms with Crippen molar-refractivity contribution in [2.45, 2.75) is 13.0 Å². The number of likely N-dealkylation sites (N-methyl/N-ethyl adjacent to an activating group) is 1. The van der Waals surface area contributed by atoms with Crippen molar-refractivity contribution in [1.82, 2.24) is 4.90 Å². The van der Waals surface area contributed by atoms with Gasteiger partial charge in [-0.15, -0.1) is 0 Å². The van der Waals surface area contributed by atoms with Gasteiger partial charge in [-0.1, -0.05) is 30.3 Å². The highest BCUT2D eigenvalue weighted by Crippen LogP contribution is 2.20. The highest BCUT2D eigenvalue weighted by Gasteiger charge is 2.13. The van der Waals surface area contributed by atoms with Crippen LogP contribution in [-0.2, 0) is 9.53 Å². The molecule has 2 amide bonds. The molecule has 2 N–H and O–H groups in total. The monoisotopic (exact) mass is 341 g/mol. The molecule has 1 atom stereocenters. The quantitative estimate of drug-likeness (QED) is 0.844. The molecule has 2 rings (SSSR count). The van der Waals surface area contributed by atoms with Crippen molar-refractivity contribution >= 4 is 23.4 Å². The number of ether oxygens (including phenoxy) is 1. The van der Waals surface area contributed by atoms with E-state index in [1.54, 1.807) is 0 Å². The fraction of sp³-hybridized carbons (Fsp3) is 0.263. The van der Waals surface area contributed by atoms with E-state index < -0.39 is 6.09 Å². The molecule has 6 nitrogen and oxygen atoms in total. The Labute approximate surface area is 147 Å². The number of benzene rings is 2. The summed E-state index contributed by atoms with van der Waals surface area (Å²) in [5.41, 5.74) is 2.83. The summed E-state index contributed by atoms with van der Waals surface area (Å²) in [6.45, 7) is 2.02. The smallest absolute Gasteiger partial charge is 0.409 e. The van der Waals surface area contributed by atoms with E-state index >= 15 is 0 Å². The SMILES string of the molecule is COC(=O)N(C)CC(=O)Nc1ccc(NC(C)c2ccccc2)cc1. The maximum atomic E-state index is 11.9. The zero-order chi connectivity index (χ0) is 18.2. The highest BCUT2D eigenvalue weighted by atomic mass is 16.5. The van der Waals surface area contributed by atoms with Gasteiger partial charge in [0.15, 0.2) is 0 Å². The van der Waals surface area contributed by atoms with Gasteiger partial charge in [-0.25, -0.2) is 4.79 Å². The minimum Gasteiger partial charge on any atom is -0.453 e. The molecular weight excluding hydrogens is 318 g/mol. The topological polar surface area (TPSA) is 70.7 Å². The molecule has 0 spiro atoms. The summed E-state index contributed by atoms with van der Waals surface area (Å²) in [5.74, 6) is -0.286. The second kappa shape index (κ2) is 8.73. The Morgan fingerprint density at radius 3 is 2.24 bits per heavy atom. The average molecular weight is 341 g/mol. The van der Waals surface area contributed by atoms with E-state index in [-0.39, 0.29) is 18.5 Å². The number of amides is 2. The zero-order valence-electron chi connectivity index (χ0n) is 14.7. The van der Waals surface area contributed by atoms with Crippen LogP contribution in [0.3, 0.4) is 0 Å². The molecule has 0 heterocycles. The van der Waals surface area contributed by atoms with E-state index in [2.05, 4.69) is 34.4 Å². The van der Waals surface area contributed by atoms with Gasteiger partial charge in [-0.05, 0) is 36.8 Å². The molecule has 0 fully saturated rings. The molecule has 2 aromatic rings. The third-order valence-corrected chi connectivity index (χ3v) is 3.72. The first-order valence-corrected chi connectivity index (χ1v) is 8.00. The summed E-state index contributed by atoms with van der Waals surface area (Å²) >= 11 is 0. The fourth-order valence-corrected chi connectivity index (χ4v) is 2.36. The molecule has 1 unspecified atom stereocenters. The van der Waals surface area contributed by atoms with Crippen LogP contribution in [0.1, 0.15) is 18.5 Å². The molecule has 0 saturated carbocycles.